The van der Waals surface area contributed by atoms with Gasteiger partial charge in [-0.2, -0.15) is 0 Å². The SMILES string of the molecule is CCc1ccccc1NC(=O)COC(=O)c1cccc(I)c1. The largest absolute Gasteiger partial charge is 0.452 e. The predicted molar refractivity (Wildman–Crippen MR) is 93.9 cm³/mol. The zero-order valence-corrected chi connectivity index (χ0v) is 14.3. The topological polar surface area (TPSA) is 55.4 Å². The number of rotatable bonds is 5. The Bertz CT molecular complexity index is 685. The fraction of sp³-hybridized carbons (Fsp3) is 0.176. The van der Waals surface area contributed by atoms with E-state index in [0.717, 1.165) is 21.2 Å². The summed E-state index contributed by atoms with van der Waals surface area (Å²) < 4.78 is 5.97. The van der Waals surface area contributed by atoms with Crippen molar-refractivity contribution in [2.75, 3.05) is 11.9 Å². The molecule has 1 N–H and O–H groups in total. The number of hydrogen-bond acceptors (Lipinski definition) is 3. The third-order valence-electron chi connectivity index (χ3n) is 3.07. The Kier molecular flexibility index (Phi) is 5.94. The lowest BCUT2D eigenvalue weighted by Crippen LogP contribution is -2.21. The number of para-hydroxylation sites is 1. The Labute approximate surface area is 143 Å². The van der Waals surface area contributed by atoms with Crippen LogP contribution in [0.15, 0.2) is 48.5 Å². The second-order valence-corrected chi connectivity index (χ2v) is 5.89. The van der Waals surface area contributed by atoms with Crippen molar-refractivity contribution in [2.24, 2.45) is 0 Å². The van der Waals surface area contributed by atoms with Crippen molar-refractivity contribution in [3.05, 3.63) is 63.2 Å². The normalized spacial score (nSPS) is 10.1. The summed E-state index contributed by atoms with van der Waals surface area (Å²) in [4.78, 5) is 23.8. The molecule has 0 spiro atoms. The van der Waals surface area contributed by atoms with Gasteiger partial charge in [0, 0.05) is 9.26 Å². The summed E-state index contributed by atoms with van der Waals surface area (Å²) in [7, 11) is 0. The summed E-state index contributed by atoms with van der Waals surface area (Å²) >= 11 is 2.12. The molecule has 0 fully saturated rings. The van der Waals surface area contributed by atoms with E-state index in [9.17, 15) is 9.59 Å². The maximum Gasteiger partial charge on any atom is 0.338 e. The van der Waals surface area contributed by atoms with E-state index >= 15 is 0 Å². The third kappa shape index (κ3) is 4.56. The number of carbonyl (C=O) groups is 2. The van der Waals surface area contributed by atoms with Crippen LogP contribution in [0.4, 0.5) is 5.69 Å². The fourth-order valence-electron chi connectivity index (χ4n) is 1.97. The first kappa shape index (κ1) is 16.5. The van der Waals surface area contributed by atoms with E-state index < -0.39 is 5.97 Å². The maximum atomic E-state index is 11.9. The molecule has 0 unspecified atom stereocenters. The van der Waals surface area contributed by atoms with Crippen molar-refractivity contribution in [2.45, 2.75) is 13.3 Å². The number of nitrogens with one attached hydrogen (secondary N) is 1. The summed E-state index contributed by atoms with van der Waals surface area (Å²) in [6, 6.07) is 14.6. The summed E-state index contributed by atoms with van der Waals surface area (Å²) in [6.45, 7) is 1.71. The van der Waals surface area contributed by atoms with Gasteiger partial charge >= 0.3 is 5.97 Å². The summed E-state index contributed by atoms with van der Waals surface area (Å²) in [5, 5.41) is 2.76. The molecule has 2 aromatic rings. The van der Waals surface area contributed by atoms with E-state index in [2.05, 4.69) is 27.9 Å². The first-order valence-electron chi connectivity index (χ1n) is 6.90. The fourth-order valence-corrected chi connectivity index (χ4v) is 2.51. The summed E-state index contributed by atoms with van der Waals surface area (Å²) in [6.07, 6.45) is 0.818. The highest BCUT2D eigenvalue weighted by molar-refractivity contribution is 14.1. The van der Waals surface area contributed by atoms with E-state index in [0.29, 0.717) is 5.56 Å². The smallest absolute Gasteiger partial charge is 0.338 e. The number of aryl methyl sites for hydroxylation is 1. The molecule has 22 heavy (non-hydrogen) atoms. The lowest BCUT2D eigenvalue weighted by atomic mass is 10.1. The highest BCUT2D eigenvalue weighted by Crippen LogP contribution is 2.15. The van der Waals surface area contributed by atoms with Crippen molar-refractivity contribution in [1.82, 2.24) is 0 Å². The number of halogens is 1. The van der Waals surface area contributed by atoms with Crippen LogP contribution in [-0.4, -0.2) is 18.5 Å². The maximum absolute atomic E-state index is 11.9. The highest BCUT2D eigenvalue weighted by atomic mass is 127. The summed E-state index contributed by atoms with van der Waals surface area (Å²) in [5.74, 6) is -0.850. The van der Waals surface area contributed by atoms with E-state index in [-0.39, 0.29) is 12.5 Å². The highest BCUT2D eigenvalue weighted by Gasteiger charge is 2.11. The Morgan fingerprint density at radius 1 is 1.14 bits per heavy atom. The molecule has 0 bridgehead atoms. The number of carbonyl (C=O) groups excluding carboxylic acids is 2. The average molecular weight is 409 g/mol. The van der Waals surface area contributed by atoms with Crippen LogP contribution >= 0.6 is 22.6 Å². The monoisotopic (exact) mass is 409 g/mol. The van der Waals surface area contributed by atoms with Crippen molar-refractivity contribution < 1.29 is 14.3 Å². The second-order valence-electron chi connectivity index (χ2n) is 4.65. The molecule has 1 amide bonds. The van der Waals surface area contributed by atoms with Crippen LogP contribution in [0, 0.1) is 3.57 Å². The predicted octanol–water partition coefficient (Wildman–Crippen LogP) is 3.65. The number of ether oxygens (including phenoxy) is 1. The molecule has 0 radical (unpaired) electrons. The minimum absolute atomic E-state index is 0.303. The molecule has 0 saturated heterocycles. The standard InChI is InChI=1S/C17H16INO3/c1-2-12-6-3-4-9-15(12)19-16(20)11-22-17(21)13-7-5-8-14(18)10-13/h3-10H,2,11H2,1H3,(H,19,20). The zero-order chi connectivity index (χ0) is 15.9. The Morgan fingerprint density at radius 2 is 1.91 bits per heavy atom. The molecular formula is C17H16INO3. The Balaban J connectivity index is 1.91. The van der Waals surface area contributed by atoms with Gasteiger partial charge in [-0.05, 0) is 58.8 Å². The van der Waals surface area contributed by atoms with Crippen LogP contribution in [0.5, 0.6) is 0 Å². The summed E-state index contributed by atoms with van der Waals surface area (Å²) in [5.41, 5.74) is 2.23. The van der Waals surface area contributed by atoms with Gasteiger partial charge in [0.1, 0.15) is 0 Å². The van der Waals surface area contributed by atoms with Crippen molar-refractivity contribution in [1.29, 1.82) is 0 Å². The van der Waals surface area contributed by atoms with Crippen molar-refractivity contribution in [3.8, 4) is 0 Å². The Hall–Kier alpha value is -1.89. The van der Waals surface area contributed by atoms with Gasteiger partial charge in [-0.25, -0.2) is 4.79 Å². The third-order valence-corrected chi connectivity index (χ3v) is 3.74. The molecule has 0 atom stereocenters. The Morgan fingerprint density at radius 3 is 2.64 bits per heavy atom. The van der Waals surface area contributed by atoms with Crippen LogP contribution in [0.2, 0.25) is 0 Å². The number of esters is 1. The van der Waals surface area contributed by atoms with Crippen molar-refractivity contribution in [3.63, 3.8) is 0 Å². The molecule has 4 nitrogen and oxygen atoms in total. The first-order valence-corrected chi connectivity index (χ1v) is 7.98. The minimum Gasteiger partial charge on any atom is -0.452 e. The molecule has 2 rings (SSSR count). The molecule has 2 aromatic carbocycles. The van der Waals surface area contributed by atoms with Gasteiger partial charge in [0.05, 0.1) is 5.56 Å². The molecule has 0 aliphatic carbocycles. The molecule has 0 aliphatic rings. The molecule has 0 saturated carbocycles. The number of anilines is 1. The molecule has 0 heterocycles. The van der Waals surface area contributed by atoms with Gasteiger partial charge in [0.2, 0.25) is 0 Å². The van der Waals surface area contributed by atoms with Crippen LogP contribution in [0.3, 0.4) is 0 Å². The van der Waals surface area contributed by atoms with E-state index in [4.69, 9.17) is 4.74 Å². The minimum atomic E-state index is -0.502. The molecule has 0 aliphatic heterocycles. The van der Waals surface area contributed by atoms with E-state index in [1.54, 1.807) is 18.2 Å². The van der Waals surface area contributed by atoms with E-state index in [1.165, 1.54) is 0 Å². The second kappa shape index (κ2) is 7.93. The quantitative estimate of drug-likeness (QED) is 0.606. The van der Waals surface area contributed by atoms with Crippen LogP contribution in [0.25, 0.3) is 0 Å². The molecule has 0 aromatic heterocycles. The van der Waals surface area contributed by atoms with Gasteiger partial charge in [-0.1, -0.05) is 31.2 Å². The van der Waals surface area contributed by atoms with Crippen molar-refractivity contribution >= 4 is 40.2 Å². The molecule has 114 valence electrons. The number of hydrogen-bond donors (Lipinski definition) is 1. The first-order chi connectivity index (χ1) is 10.6. The van der Waals surface area contributed by atoms with Crippen LogP contribution in [-0.2, 0) is 16.0 Å². The van der Waals surface area contributed by atoms with Gasteiger partial charge < -0.3 is 10.1 Å². The number of benzene rings is 2. The van der Waals surface area contributed by atoms with E-state index in [1.807, 2.05) is 37.3 Å². The van der Waals surface area contributed by atoms with Crippen LogP contribution < -0.4 is 5.32 Å². The van der Waals surface area contributed by atoms with Gasteiger partial charge in [-0.15, -0.1) is 0 Å². The molecular weight excluding hydrogens is 393 g/mol. The zero-order valence-electron chi connectivity index (χ0n) is 12.1. The average Bonchev–Trinajstić information content (AvgIpc) is 2.53. The molecule has 5 heteroatoms. The lowest BCUT2D eigenvalue weighted by molar-refractivity contribution is -0.119. The van der Waals surface area contributed by atoms with Gasteiger partial charge in [0.15, 0.2) is 6.61 Å². The number of amides is 1. The van der Waals surface area contributed by atoms with Crippen LogP contribution in [0.1, 0.15) is 22.8 Å². The lowest BCUT2D eigenvalue weighted by Gasteiger charge is -2.10. The van der Waals surface area contributed by atoms with Gasteiger partial charge in [0.25, 0.3) is 5.91 Å². The van der Waals surface area contributed by atoms with Gasteiger partial charge in [-0.3, -0.25) is 4.79 Å².